The number of hydrogen-bond acceptors (Lipinski definition) is 3. The first kappa shape index (κ1) is 18.3. The van der Waals surface area contributed by atoms with Gasteiger partial charge < -0.3 is 5.32 Å². The number of thioether (sulfide) groups is 1. The Kier molecular flexibility index (Phi) is 5.74. The molecule has 0 spiro atoms. The fraction of sp³-hybridized carbons (Fsp3) is 0.111. The van der Waals surface area contributed by atoms with Crippen molar-refractivity contribution in [1.29, 1.82) is 0 Å². The number of pyridine rings is 1. The van der Waals surface area contributed by atoms with Gasteiger partial charge in [-0.1, -0.05) is 70.8 Å². The Hall–Kier alpha value is -1.46. The van der Waals surface area contributed by atoms with Crippen molar-refractivity contribution in [1.82, 2.24) is 4.98 Å². The second kappa shape index (κ2) is 7.83. The number of rotatable bonds is 4. The van der Waals surface area contributed by atoms with Gasteiger partial charge in [0.2, 0.25) is 5.91 Å². The van der Waals surface area contributed by atoms with E-state index in [4.69, 9.17) is 34.8 Å². The number of halogens is 3. The van der Waals surface area contributed by atoms with Crippen LogP contribution in [0.5, 0.6) is 0 Å². The number of benzene rings is 2. The van der Waals surface area contributed by atoms with E-state index in [0.29, 0.717) is 20.8 Å². The Bertz CT molecular complexity index is 926. The maximum Gasteiger partial charge on any atom is 0.237 e. The Labute approximate surface area is 164 Å². The van der Waals surface area contributed by atoms with E-state index in [1.54, 1.807) is 6.92 Å². The Morgan fingerprint density at radius 1 is 1.08 bits per heavy atom. The van der Waals surface area contributed by atoms with Crippen molar-refractivity contribution in [3.05, 3.63) is 63.6 Å². The second-order valence-corrected chi connectivity index (χ2v) is 7.95. The molecule has 3 rings (SSSR count). The molecule has 0 fully saturated rings. The van der Waals surface area contributed by atoms with Crippen LogP contribution >= 0.6 is 46.6 Å². The summed E-state index contributed by atoms with van der Waals surface area (Å²) in [5.41, 5.74) is 1.25. The predicted molar refractivity (Wildman–Crippen MR) is 107 cm³/mol. The molecule has 0 bridgehead atoms. The maximum atomic E-state index is 12.5. The lowest BCUT2D eigenvalue weighted by Crippen LogP contribution is -2.22. The summed E-state index contributed by atoms with van der Waals surface area (Å²) in [7, 11) is 0. The van der Waals surface area contributed by atoms with Crippen LogP contribution in [-0.4, -0.2) is 16.1 Å². The van der Waals surface area contributed by atoms with Crippen LogP contribution in [0, 0.1) is 0 Å². The van der Waals surface area contributed by atoms with Crippen molar-refractivity contribution in [3.63, 3.8) is 0 Å². The first-order valence-electron chi connectivity index (χ1n) is 7.42. The number of anilines is 1. The summed E-state index contributed by atoms with van der Waals surface area (Å²) >= 11 is 19.5. The van der Waals surface area contributed by atoms with Gasteiger partial charge in [0.1, 0.15) is 0 Å². The van der Waals surface area contributed by atoms with Gasteiger partial charge in [0.15, 0.2) is 0 Å². The van der Waals surface area contributed by atoms with Crippen LogP contribution in [0.2, 0.25) is 15.1 Å². The molecule has 2 aromatic carbocycles. The average Bonchev–Trinajstić information content (AvgIpc) is 2.57. The largest absolute Gasteiger partial charge is 0.323 e. The summed E-state index contributed by atoms with van der Waals surface area (Å²) in [6.45, 7) is 1.80. The molecule has 25 heavy (non-hydrogen) atoms. The Morgan fingerprint density at radius 3 is 2.48 bits per heavy atom. The summed E-state index contributed by atoms with van der Waals surface area (Å²) in [5.74, 6) is -0.217. The molecule has 1 N–H and O–H groups in total. The average molecular weight is 412 g/mol. The molecule has 0 unspecified atom stereocenters. The number of carbonyl (C=O) groups excluding carboxylic acids is 1. The van der Waals surface area contributed by atoms with Crippen LogP contribution in [-0.2, 0) is 4.79 Å². The third-order valence-electron chi connectivity index (χ3n) is 3.49. The van der Waals surface area contributed by atoms with E-state index in [0.717, 1.165) is 15.9 Å². The third-order valence-corrected chi connectivity index (χ3v) is 5.35. The number of hydrogen-bond donors (Lipinski definition) is 1. The van der Waals surface area contributed by atoms with Crippen molar-refractivity contribution >= 4 is 69.1 Å². The zero-order valence-electron chi connectivity index (χ0n) is 13.1. The maximum absolute atomic E-state index is 12.5. The summed E-state index contributed by atoms with van der Waals surface area (Å²) in [6.07, 6.45) is 0. The molecule has 7 heteroatoms. The smallest absolute Gasteiger partial charge is 0.237 e. The highest BCUT2D eigenvalue weighted by atomic mass is 35.5. The first-order valence-corrected chi connectivity index (χ1v) is 9.43. The van der Waals surface area contributed by atoms with Gasteiger partial charge in [-0.25, -0.2) is 4.98 Å². The Morgan fingerprint density at radius 2 is 1.76 bits per heavy atom. The second-order valence-electron chi connectivity index (χ2n) is 5.34. The lowest BCUT2D eigenvalue weighted by molar-refractivity contribution is -0.115. The van der Waals surface area contributed by atoms with Gasteiger partial charge in [-0.05, 0) is 31.2 Å². The van der Waals surface area contributed by atoms with Gasteiger partial charge in [-0.3, -0.25) is 4.79 Å². The molecule has 0 aliphatic carbocycles. The van der Waals surface area contributed by atoms with E-state index in [9.17, 15) is 4.79 Å². The normalized spacial score (nSPS) is 12.2. The SMILES string of the molecule is C[C@@H](Sc1ccc2ccccc2n1)C(=O)Nc1c(Cl)cc(Cl)cc1Cl. The van der Waals surface area contributed by atoms with E-state index in [1.807, 2.05) is 36.4 Å². The number of amides is 1. The van der Waals surface area contributed by atoms with Crippen molar-refractivity contribution in [2.45, 2.75) is 17.2 Å². The molecule has 128 valence electrons. The lowest BCUT2D eigenvalue weighted by Gasteiger charge is -2.14. The monoisotopic (exact) mass is 410 g/mol. The van der Waals surface area contributed by atoms with Crippen LogP contribution in [0.4, 0.5) is 5.69 Å². The van der Waals surface area contributed by atoms with Crippen LogP contribution in [0.1, 0.15) is 6.92 Å². The number of fused-ring (bicyclic) bond motifs is 1. The molecule has 1 atom stereocenters. The highest BCUT2D eigenvalue weighted by molar-refractivity contribution is 8.00. The lowest BCUT2D eigenvalue weighted by atomic mass is 10.2. The van der Waals surface area contributed by atoms with Crippen LogP contribution < -0.4 is 5.32 Å². The molecule has 0 aliphatic rings. The minimum absolute atomic E-state index is 0.217. The van der Waals surface area contributed by atoms with E-state index in [2.05, 4.69) is 10.3 Å². The number of nitrogens with zero attached hydrogens (tertiary/aromatic N) is 1. The van der Waals surface area contributed by atoms with Gasteiger partial charge in [-0.15, -0.1) is 0 Å². The summed E-state index contributed by atoms with van der Waals surface area (Å²) in [5, 5.41) is 5.22. The molecular formula is C18H13Cl3N2OS. The summed E-state index contributed by atoms with van der Waals surface area (Å²) < 4.78 is 0. The van der Waals surface area contributed by atoms with Crippen molar-refractivity contribution < 1.29 is 4.79 Å². The van der Waals surface area contributed by atoms with Crippen molar-refractivity contribution in [2.75, 3.05) is 5.32 Å². The molecule has 1 aromatic heterocycles. The van der Waals surface area contributed by atoms with Gasteiger partial charge in [0.05, 0.1) is 31.5 Å². The fourth-order valence-corrected chi connectivity index (χ4v) is 3.97. The van der Waals surface area contributed by atoms with Gasteiger partial charge in [0.25, 0.3) is 0 Å². The number of carbonyl (C=O) groups is 1. The molecule has 0 radical (unpaired) electrons. The van der Waals surface area contributed by atoms with Crippen LogP contribution in [0.15, 0.2) is 53.6 Å². The summed E-state index contributed by atoms with van der Waals surface area (Å²) in [6, 6.07) is 14.8. The van der Waals surface area contributed by atoms with Crippen molar-refractivity contribution in [2.24, 2.45) is 0 Å². The quantitative estimate of drug-likeness (QED) is 0.511. The molecule has 0 saturated carbocycles. The topological polar surface area (TPSA) is 42.0 Å². The van der Waals surface area contributed by atoms with Gasteiger partial charge in [-0.2, -0.15) is 0 Å². The number of para-hydroxylation sites is 1. The number of nitrogens with one attached hydrogen (secondary N) is 1. The van der Waals surface area contributed by atoms with Crippen LogP contribution in [0.3, 0.4) is 0 Å². The van der Waals surface area contributed by atoms with E-state index in [-0.39, 0.29) is 11.2 Å². The fourth-order valence-electron chi connectivity index (χ4n) is 2.23. The van der Waals surface area contributed by atoms with Gasteiger partial charge in [0, 0.05) is 10.4 Å². The number of aromatic nitrogens is 1. The summed E-state index contributed by atoms with van der Waals surface area (Å²) in [4.78, 5) is 17.0. The zero-order valence-corrected chi connectivity index (χ0v) is 16.2. The Balaban J connectivity index is 1.74. The van der Waals surface area contributed by atoms with Crippen LogP contribution in [0.25, 0.3) is 10.9 Å². The van der Waals surface area contributed by atoms with E-state index in [1.165, 1.54) is 23.9 Å². The van der Waals surface area contributed by atoms with E-state index >= 15 is 0 Å². The van der Waals surface area contributed by atoms with E-state index < -0.39 is 0 Å². The highest BCUT2D eigenvalue weighted by Gasteiger charge is 2.18. The third kappa shape index (κ3) is 4.39. The zero-order chi connectivity index (χ0) is 18.0. The molecular weight excluding hydrogens is 399 g/mol. The first-order chi connectivity index (χ1) is 11.9. The minimum atomic E-state index is -0.378. The molecule has 1 heterocycles. The standard InChI is InChI=1S/C18H13Cl3N2OS/c1-10(18(24)23-17-13(20)8-12(19)9-14(17)21)25-16-7-6-11-4-2-3-5-15(11)22-16/h2-10H,1H3,(H,23,24)/t10-/m1/s1. The molecule has 0 aliphatic heterocycles. The highest BCUT2D eigenvalue weighted by Crippen LogP contribution is 2.34. The van der Waals surface area contributed by atoms with Crippen molar-refractivity contribution in [3.8, 4) is 0 Å². The predicted octanol–water partition coefficient (Wildman–Crippen LogP) is 6.31. The molecule has 3 nitrogen and oxygen atoms in total. The molecule has 0 saturated heterocycles. The molecule has 3 aromatic rings. The molecule has 1 amide bonds. The van der Waals surface area contributed by atoms with Gasteiger partial charge >= 0.3 is 0 Å². The minimum Gasteiger partial charge on any atom is -0.323 e.